The fraction of sp³-hybridized carbons (Fsp3) is 0.0847. The van der Waals surface area contributed by atoms with E-state index in [-0.39, 0.29) is 12.1 Å². The highest BCUT2D eigenvalue weighted by Crippen LogP contribution is 2.62. The second-order valence-corrected chi connectivity index (χ2v) is 19.0. The molecule has 9 aromatic carbocycles. The highest BCUT2D eigenvalue weighted by atomic mass is 15.1. The summed E-state index contributed by atoms with van der Waals surface area (Å²) in [5.41, 5.74) is 24.8. The van der Waals surface area contributed by atoms with Gasteiger partial charge in [0.15, 0.2) is 0 Å². The van der Waals surface area contributed by atoms with Crippen molar-refractivity contribution >= 4 is 66.6 Å². The Kier molecular flexibility index (Phi) is 5.98. The number of rotatable bonds is 2. The van der Waals surface area contributed by atoms with Gasteiger partial charge in [-0.05, 0) is 88.7 Å². The van der Waals surface area contributed by atoms with Crippen molar-refractivity contribution < 1.29 is 0 Å². The number of para-hydroxylation sites is 2. The topological polar surface area (TPSA) is 9.86 Å². The van der Waals surface area contributed by atoms with Crippen molar-refractivity contribution in [2.75, 3.05) is 0 Å². The van der Waals surface area contributed by atoms with E-state index in [1.54, 1.807) is 0 Å². The monoisotopic (exact) mass is 786 g/mol. The number of hydrogen-bond donors (Lipinski definition) is 0. The summed E-state index contributed by atoms with van der Waals surface area (Å²) in [5.74, 6) is 0. The number of hydrogen-bond acceptors (Lipinski definition) is 0. The molecule has 0 bridgehead atoms. The second kappa shape index (κ2) is 11.1. The Morgan fingerprint density at radius 3 is 1.73 bits per heavy atom. The zero-order valence-corrected chi connectivity index (χ0v) is 34.8. The molecule has 2 nitrogen and oxygen atoms in total. The molecule has 288 valence electrons. The molecule has 0 atom stereocenters. The molecular weight excluding hydrogens is 747 g/mol. The number of aromatic nitrogens is 2. The van der Waals surface area contributed by atoms with Crippen LogP contribution in [0, 0.1) is 0 Å². The summed E-state index contributed by atoms with van der Waals surface area (Å²) in [6.45, 7) is 7.23. The van der Waals surface area contributed by atoms with E-state index in [0.717, 1.165) is 0 Å². The van der Waals surface area contributed by atoms with Crippen LogP contribution < -0.4 is 16.4 Å². The predicted octanol–water partition coefficient (Wildman–Crippen LogP) is 12.3. The lowest BCUT2D eigenvalue weighted by Gasteiger charge is -2.44. The number of nitrogens with zero attached hydrogens (tertiary/aromatic N) is 2. The fourth-order valence-corrected chi connectivity index (χ4v) is 13.3. The maximum absolute atomic E-state index is 2.71. The summed E-state index contributed by atoms with van der Waals surface area (Å²) < 4.78 is 5.43. The van der Waals surface area contributed by atoms with Crippen molar-refractivity contribution in [2.24, 2.45) is 0 Å². The summed E-state index contributed by atoms with van der Waals surface area (Å²) >= 11 is 0. The fourth-order valence-electron chi connectivity index (χ4n) is 13.3. The van der Waals surface area contributed by atoms with E-state index in [2.05, 4.69) is 212 Å². The van der Waals surface area contributed by atoms with Crippen molar-refractivity contribution in [3.05, 3.63) is 210 Å². The van der Waals surface area contributed by atoms with Crippen LogP contribution in [0.3, 0.4) is 0 Å². The van der Waals surface area contributed by atoms with Crippen molar-refractivity contribution in [2.45, 2.75) is 31.6 Å². The van der Waals surface area contributed by atoms with Crippen LogP contribution >= 0.6 is 0 Å². The number of benzene rings is 9. The van der Waals surface area contributed by atoms with Crippen LogP contribution in [0.25, 0.3) is 88.4 Å². The van der Waals surface area contributed by atoms with Gasteiger partial charge in [-0.25, -0.2) is 0 Å². The quantitative estimate of drug-likeness (QED) is 0.155. The minimum atomic E-state index is -0.495. The Morgan fingerprint density at radius 2 is 1.02 bits per heavy atom. The van der Waals surface area contributed by atoms with Crippen LogP contribution in [0.1, 0.15) is 48.6 Å². The third-order valence-corrected chi connectivity index (χ3v) is 15.2. The first-order chi connectivity index (χ1) is 30.5. The van der Waals surface area contributed by atoms with E-state index in [1.807, 2.05) is 0 Å². The molecule has 15 rings (SSSR count). The molecule has 3 aliphatic heterocycles. The molecule has 2 aromatic heterocycles. The van der Waals surface area contributed by atoms with Crippen LogP contribution in [0.2, 0.25) is 0 Å². The van der Waals surface area contributed by atoms with Gasteiger partial charge >= 0.3 is 0 Å². The molecule has 3 heteroatoms. The van der Waals surface area contributed by atoms with Crippen molar-refractivity contribution in [3.63, 3.8) is 0 Å². The smallest absolute Gasteiger partial charge is 0.253 e. The lowest BCUT2D eigenvalue weighted by molar-refractivity contribution is 0.601. The first-order valence-electron chi connectivity index (χ1n) is 22.2. The largest absolute Gasteiger partial charge is 0.310 e. The third kappa shape index (κ3) is 3.63. The molecule has 4 aliphatic rings. The highest BCUT2D eigenvalue weighted by molar-refractivity contribution is 7.01. The van der Waals surface area contributed by atoms with Gasteiger partial charge in [-0.3, -0.25) is 0 Å². The van der Waals surface area contributed by atoms with Crippen molar-refractivity contribution in [1.29, 1.82) is 0 Å². The SMILES string of the molecule is CC(C)(C)c1c2ccccc2c2c3c1c(-c1ccccc1)c(-c1ccccc1)n3-c1ccc3c4c1B2c1cccc2c5cccc(c5n-4c12)C31c2ccccc2-c2ccccc21. The van der Waals surface area contributed by atoms with Gasteiger partial charge in [0, 0.05) is 38.6 Å². The van der Waals surface area contributed by atoms with Gasteiger partial charge < -0.3 is 9.13 Å². The minimum absolute atomic E-state index is 0.00187. The van der Waals surface area contributed by atoms with E-state index in [4.69, 9.17) is 0 Å². The van der Waals surface area contributed by atoms with Crippen molar-refractivity contribution in [1.82, 2.24) is 9.13 Å². The number of fused-ring (bicyclic) bond motifs is 13. The van der Waals surface area contributed by atoms with Gasteiger partial charge in [-0.2, -0.15) is 0 Å². The maximum Gasteiger partial charge on any atom is 0.253 e. The Morgan fingerprint density at radius 1 is 0.435 bits per heavy atom. The summed E-state index contributed by atoms with van der Waals surface area (Å²) in [6, 6.07) is 69.6. The van der Waals surface area contributed by atoms with Crippen LogP contribution in [0.5, 0.6) is 0 Å². The van der Waals surface area contributed by atoms with E-state index in [9.17, 15) is 0 Å². The van der Waals surface area contributed by atoms with Crippen LogP contribution in [0.15, 0.2) is 182 Å². The molecule has 0 N–H and O–H groups in total. The molecule has 11 aromatic rings. The van der Waals surface area contributed by atoms with Crippen LogP contribution in [-0.4, -0.2) is 15.8 Å². The third-order valence-electron chi connectivity index (χ3n) is 15.2. The highest BCUT2D eigenvalue weighted by Gasteiger charge is 2.54. The predicted molar refractivity (Wildman–Crippen MR) is 260 cm³/mol. The molecule has 0 fully saturated rings. The van der Waals surface area contributed by atoms with Gasteiger partial charge in [0.05, 0.1) is 22.1 Å². The molecule has 0 radical (unpaired) electrons. The summed E-state index contributed by atoms with van der Waals surface area (Å²) in [5, 5.41) is 6.73. The average molecular weight is 787 g/mol. The lowest BCUT2D eigenvalue weighted by atomic mass is 9.33. The van der Waals surface area contributed by atoms with E-state index < -0.39 is 5.41 Å². The normalized spacial score (nSPS) is 14.5. The Hall–Kier alpha value is -7.36. The molecule has 5 heterocycles. The van der Waals surface area contributed by atoms with Gasteiger partial charge in [0.1, 0.15) is 0 Å². The molecule has 1 aliphatic carbocycles. The van der Waals surface area contributed by atoms with Gasteiger partial charge in [0.2, 0.25) is 0 Å². The first-order valence-corrected chi connectivity index (χ1v) is 22.2. The lowest BCUT2D eigenvalue weighted by Crippen LogP contribution is -2.60. The average Bonchev–Trinajstić information content (AvgIpc) is 3.94. The van der Waals surface area contributed by atoms with Crippen LogP contribution in [-0.2, 0) is 10.8 Å². The second-order valence-electron chi connectivity index (χ2n) is 19.0. The standard InChI is InChI=1S/C59H39BN2/c1-58(2,3)50-38-24-10-11-25-39(38)51-57-49(50)48(34-18-6-4-7-19-34)53(35-20-8-5-9-21-35)61(57)47-33-32-45-56-52(47)60(51)46-31-17-27-41-40-26-16-30-44(54(40)62(56)55(41)46)59(45)42-28-14-12-22-36(42)37-23-13-15-29-43(37)59/h4-33H,1-3H3. The van der Waals surface area contributed by atoms with Crippen LogP contribution in [0.4, 0.5) is 0 Å². The Bertz CT molecular complexity index is 3790. The van der Waals surface area contributed by atoms with E-state index in [0.29, 0.717) is 0 Å². The molecule has 0 saturated heterocycles. The van der Waals surface area contributed by atoms with Gasteiger partial charge in [-0.1, -0.05) is 197 Å². The van der Waals surface area contributed by atoms with E-state index >= 15 is 0 Å². The zero-order valence-electron chi connectivity index (χ0n) is 34.8. The molecule has 0 unspecified atom stereocenters. The zero-order chi connectivity index (χ0) is 40.8. The molecule has 0 saturated carbocycles. The summed E-state index contributed by atoms with van der Waals surface area (Å²) in [6.07, 6.45) is 0. The summed E-state index contributed by atoms with van der Waals surface area (Å²) in [7, 11) is 0. The maximum atomic E-state index is 2.71. The molecule has 1 spiro atoms. The van der Waals surface area contributed by atoms with E-state index in [1.165, 1.54) is 133 Å². The summed E-state index contributed by atoms with van der Waals surface area (Å²) in [4.78, 5) is 0. The molecule has 0 amide bonds. The van der Waals surface area contributed by atoms with Gasteiger partial charge in [0.25, 0.3) is 6.71 Å². The Balaban J connectivity index is 1.24. The van der Waals surface area contributed by atoms with Crippen molar-refractivity contribution in [3.8, 4) is 44.9 Å². The molecule has 62 heavy (non-hydrogen) atoms. The molecular formula is C59H39BN2. The Labute approximate surface area is 360 Å². The first kappa shape index (κ1) is 33.4. The van der Waals surface area contributed by atoms with Gasteiger partial charge in [-0.15, -0.1) is 0 Å². The minimum Gasteiger partial charge on any atom is -0.310 e.